The molecule has 1 aromatic heterocycles. The normalized spacial score (nSPS) is 17.5. The number of carbonyl (C=O) groups excluding carboxylic acids is 2. The highest BCUT2D eigenvalue weighted by atomic mass is 19.1. The molecule has 0 bridgehead atoms. The monoisotopic (exact) mass is 413 g/mol. The summed E-state index contributed by atoms with van der Waals surface area (Å²) in [6.07, 6.45) is 1.99. The maximum Gasteiger partial charge on any atom is 0.243 e. The minimum atomic E-state index is -0.765. The summed E-state index contributed by atoms with van der Waals surface area (Å²) >= 11 is 0. The van der Waals surface area contributed by atoms with Crippen molar-refractivity contribution in [2.45, 2.75) is 44.8 Å². The molecule has 0 saturated carbocycles. The molecular formula is C22H28FN5O2. The van der Waals surface area contributed by atoms with Crippen molar-refractivity contribution in [2.75, 3.05) is 19.3 Å². The van der Waals surface area contributed by atoms with Crippen molar-refractivity contribution < 1.29 is 14.0 Å². The number of rotatable bonds is 7. The predicted molar refractivity (Wildman–Crippen MR) is 113 cm³/mol. The second-order valence-corrected chi connectivity index (χ2v) is 7.73. The van der Waals surface area contributed by atoms with Crippen molar-refractivity contribution in [2.24, 2.45) is 0 Å². The van der Waals surface area contributed by atoms with Crippen LogP contribution in [0.1, 0.15) is 29.7 Å². The summed E-state index contributed by atoms with van der Waals surface area (Å²) in [5, 5.41) is 5.77. The number of nitrogens with zero attached hydrogens (tertiary/aromatic N) is 2. The van der Waals surface area contributed by atoms with Crippen LogP contribution in [-0.2, 0) is 22.6 Å². The summed E-state index contributed by atoms with van der Waals surface area (Å²) in [5.74, 6) is -0.389. The molecule has 0 unspecified atom stereocenters. The molecule has 2 amide bonds. The lowest BCUT2D eigenvalue weighted by Crippen LogP contribution is -2.52. The molecule has 0 radical (unpaired) electrons. The fourth-order valence-corrected chi connectivity index (χ4v) is 3.68. The maximum atomic E-state index is 13.2. The zero-order chi connectivity index (χ0) is 21.7. The zero-order valence-electron chi connectivity index (χ0n) is 17.3. The molecule has 8 heteroatoms. The lowest BCUT2D eigenvalue weighted by Gasteiger charge is -2.24. The van der Waals surface area contributed by atoms with Gasteiger partial charge in [0, 0.05) is 18.7 Å². The zero-order valence-corrected chi connectivity index (χ0v) is 17.3. The van der Waals surface area contributed by atoms with Gasteiger partial charge in [0.05, 0.1) is 6.04 Å². The summed E-state index contributed by atoms with van der Waals surface area (Å²) < 4.78 is 13.2. The first-order chi connectivity index (χ1) is 14.3. The highest BCUT2D eigenvalue weighted by molar-refractivity contribution is 5.90. The highest BCUT2D eigenvalue weighted by Crippen LogP contribution is 2.15. The molecule has 3 rings (SSSR count). The van der Waals surface area contributed by atoms with Gasteiger partial charge in [0.1, 0.15) is 17.7 Å². The van der Waals surface area contributed by atoms with Crippen LogP contribution in [0, 0.1) is 12.7 Å². The molecule has 1 aromatic carbocycles. The van der Waals surface area contributed by atoms with E-state index in [0.717, 1.165) is 36.2 Å². The van der Waals surface area contributed by atoms with Gasteiger partial charge in [-0.2, -0.15) is 0 Å². The van der Waals surface area contributed by atoms with Crippen LogP contribution in [-0.4, -0.2) is 47.4 Å². The smallest absolute Gasteiger partial charge is 0.243 e. The number of halogens is 1. The number of carbonyl (C=O) groups is 2. The average molecular weight is 413 g/mol. The lowest BCUT2D eigenvalue weighted by molar-refractivity contribution is -0.131. The van der Waals surface area contributed by atoms with Gasteiger partial charge < -0.3 is 16.4 Å². The van der Waals surface area contributed by atoms with Crippen molar-refractivity contribution in [1.29, 1.82) is 0 Å². The van der Waals surface area contributed by atoms with Crippen LogP contribution in [0.2, 0.25) is 0 Å². The van der Waals surface area contributed by atoms with Crippen molar-refractivity contribution in [3.63, 3.8) is 0 Å². The molecule has 160 valence electrons. The fraction of sp³-hybridized carbons (Fsp3) is 0.409. The molecule has 2 heterocycles. The van der Waals surface area contributed by atoms with E-state index in [1.54, 1.807) is 18.2 Å². The molecule has 0 spiro atoms. The Morgan fingerprint density at radius 3 is 2.63 bits per heavy atom. The largest absolute Gasteiger partial charge is 0.384 e. The number of nitrogens with two attached hydrogens (primary N) is 1. The number of pyridine rings is 1. The molecule has 2 aromatic rings. The molecule has 2 atom stereocenters. The number of nitrogens with one attached hydrogen (secondary N) is 2. The first-order valence-corrected chi connectivity index (χ1v) is 10.1. The number of nitrogen functional groups attached to an aromatic ring is 1. The fourth-order valence-electron chi connectivity index (χ4n) is 3.68. The van der Waals surface area contributed by atoms with E-state index in [1.165, 1.54) is 12.1 Å². The quantitative estimate of drug-likeness (QED) is 0.640. The van der Waals surface area contributed by atoms with Crippen LogP contribution in [0.25, 0.3) is 0 Å². The number of likely N-dealkylation sites (N-methyl/N-ethyl adjacent to an activating group) is 1. The molecule has 1 fully saturated rings. The average Bonchev–Trinajstić information content (AvgIpc) is 3.14. The Bertz CT molecular complexity index is 903. The third-order valence-electron chi connectivity index (χ3n) is 5.48. The van der Waals surface area contributed by atoms with Gasteiger partial charge in [-0.25, -0.2) is 9.37 Å². The van der Waals surface area contributed by atoms with E-state index in [4.69, 9.17) is 5.73 Å². The van der Waals surface area contributed by atoms with Crippen LogP contribution in [0.3, 0.4) is 0 Å². The van der Waals surface area contributed by atoms with E-state index >= 15 is 0 Å². The minimum absolute atomic E-state index is 0.164. The highest BCUT2D eigenvalue weighted by Gasteiger charge is 2.31. The van der Waals surface area contributed by atoms with E-state index < -0.39 is 6.04 Å². The molecule has 1 saturated heterocycles. The Balaban J connectivity index is 1.70. The maximum absolute atomic E-state index is 13.2. The standard InChI is InChI=1S/C22H28FN5O2/c1-14-16(7-10-20(24)26-14)13-25-21(29)18(12-15-5-8-17(23)9-6-15)27-22(30)19-4-3-11-28(19)2/h5-10,18-19H,3-4,11-13H2,1-2H3,(H2,24,26)(H,25,29)(H,27,30)/t18-,19+/m0/s1. The molecule has 30 heavy (non-hydrogen) atoms. The van der Waals surface area contributed by atoms with Gasteiger partial charge in [-0.15, -0.1) is 0 Å². The van der Waals surface area contributed by atoms with Gasteiger partial charge in [0.25, 0.3) is 0 Å². The first kappa shape index (κ1) is 21.7. The van der Waals surface area contributed by atoms with Crippen LogP contribution in [0.15, 0.2) is 36.4 Å². The van der Waals surface area contributed by atoms with Gasteiger partial charge >= 0.3 is 0 Å². The topological polar surface area (TPSA) is 100 Å². The van der Waals surface area contributed by atoms with Crippen molar-refractivity contribution >= 4 is 17.6 Å². The number of aryl methyl sites for hydroxylation is 1. The van der Waals surface area contributed by atoms with Crippen LogP contribution >= 0.6 is 0 Å². The van der Waals surface area contributed by atoms with E-state index in [9.17, 15) is 14.0 Å². The molecule has 4 N–H and O–H groups in total. The van der Waals surface area contributed by atoms with Gasteiger partial charge in [0.2, 0.25) is 11.8 Å². The molecule has 7 nitrogen and oxygen atoms in total. The summed E-state index contributed by atoms with van der Waals surface area (Å²) in [6, 6.07) is 8.44. The van der Waals surface area contributed by atoms with Crippen molar-refractivity contribution in [1.82, 2.24) is 20.5 Å². The van der Waals surface area contributed by atoms with Gasteiger partial charge in [-0.1, -0.05) is 18.2 Å². The lowest BCUT2D eigenvalue weighted by atomic mass is 10.0. The van der Waals surface area contributed by atoms with Gasteiger partial charge in [-0.05, 0) is 62.7 Å². The first-order valence-electron chi connectivity index (χ1n) is 10.1. The van der Waals surface area contributed by atoms with E-state index in [1.807, 2.05) is 24.9 Å². The van der Waals surface area contributed by atoms with E-state index in [2.05, 4.69) is 15.6 Å². The Morgan fingerprint density at radius 1 is 1.27 bits per heavy atom. The summed E-state index contributed by atoms with van der Waals surface area (Å²) in [7, 11) is 1.91. The number of hydrogen-bond donors (Lipinski definition) is 3. The predicted octanol–water partition coefficient (Wildman–Crippen LogP) is 1.55. The third kappa shape index (κ3) is 5.54. The molecular weight excluding hydrogens is 385 g/mol. The number of aromatic nitrogens is 1. The minimum Gasteiger partial charge on any atom is -0.384 e. The Hall–Kier alpha value is -3.00. The molecule has 0 aliphatic carbocycles. The summed E-state index contributed by atoms with van der Waals surface area (Å²) in [6.45, 7) is 2.96. The van der Waals surface area contributed by atoms with E-state index in [0.29, 0.717) is 5.82 Å². The second-order valence-electron chi connectivity index (χ2n) is 7.73. The number of anilines is 1. The third-order valence-corrected chi connectivity index (χ3v) is 5.48. The molecule has 1 aliphatic heterocycles. The van der Waals surface area contributed by atoms with Crippen LogP contribution in [0.5, 0.6) is 0 Å². The van der Waals surface area contributed by atoms with Crippen LogP contribution < -0.4 is 16.4 Å². The van der Waals surface area contributed by atoms with Gasteiger partial charge in [0.15, 0.2) is 0 Å². The van der Waals surface area contributed by atoms with Crippen molar-refractivity contribution in [3.05, 3.63) is 59.0 Å². The van der Waals surface area contributed by atoms with Crippen molar-refractivity contribution in [3.8, 4) is 0 Å². The van der Waals surface area contributed by atoms with E-state index in [-0.39, 0.29) is 36.6 Å². The number of hydrogen-bond acceptors (Lipinski definition) is 5. The van der Waals surface area contributed by atoms with Crippen LogP contribution in [0.4, 0.5) is 10.2 Å². The number of likely N-dealkylation sites (tertiary alicyclic amines) is 1. The Morgan fingerprint density at radius 2 is 2.00 bits per heavy atom. The Labute approximate surface area is 175 Å². The number of benzene rings is 1. The summed E-state index contributed by atoms with van der Waals surface area (Å²) in [5.41, 5.74) is 8.03. The van der Waals surface area contributed by atoms with Gasteiger partial charge in [-0.3, -0.25) is 14.5 Å². The second kappa shape index (κ2) is 9.67. The SMILES string of the molecule is Cc1nc(N)ccc1CNC(=O)[C@H](Cc1ccc(F)cc1)NC(=O)[C@H]1CCCN1C. The number of amides is 2. The summed E-state index contributed by atoms with van der Waals surface area (Å²) in [4.78, 5) is 31.9. The Kier molecular flexibility index (Phi) is 6.99. The molecule has 1 aliphatic rings.